The lowest BCUT2D eigenvalue weighted by Gasteiger charge is -2.50. The number of anilines is 2. The molecule has 32 heavy (non-hydrogen) atoms. The molecule has 3 rings (SSSR count). The SMILES string of the molecule is Cc1ccc(Cl)cc1NC(=S)N(Cc1ccc(N(C)C)cc1)C1CC(C)(C)NC(C)(C)C1. The van der Waals surface area contributed by atoms with Gasteiger partial charge in [0.1, 0.15) is 0 Å². The third-order valence-electron chi connectivity index (χ3n) is 6.12. The minimum absolute atomic E-state index is 0.0288. The van der Waals surface area contributed by atoms with Crippen LogP contribution in [0.4, 0.5) is 11.4 Å². The largest absolute Gasteiger partial charge is 0.378 e. The molecule has 1 aliphatic rings. The molecule has 1 saturated heterocycles. The van der Waals surface area contributed by atoms with Gasteiger partial charge in [0, 0.05) is 54.2 Å². The van der Waals surface area contributed by atoms with Crippen LogP contribution >= 0.6 is 23.8 Å². The minimum Gasteiger partial charge on any atom is -0.378 e. The Kier molecular flexibility index (Phi) is 7.43. The molecule has 0 saturated carbocycles. The molecular weight excluding hydrogens is 436 g/mol. The summed E-state index contributed by atoms with van der Waals surface area (Å²) in [6, 6.07) is 14.9. The van der Waals surface area contributed by atoms with Crippen LogP contribution in [0.1, 0.15) is 51.7 Å². The maximum atomic E-state index is 6.26. The summed E-state index contributed by atoms with van der Waals surface area (Å²) < 4.78 is 0. The molecule has 6 heteroatoms. The molecule has 0 radical (unpaired) electrons. The highest BCUT2D eigenvalue weighted by Gasteiger charge is 2.40. The number of halogens is 1. The second-order valence-corrected chi connectivity index (χ2v) is 11.4. The molecule has 0 unspecified atom stereocenters. The van der Waals surface area contributed by atoms with Crippen LogP contribution < -0.4 is 15.5 Å². The van der Waals surface area contributed by atoms with E-state index in [1.165, 1.54) is 11.3 Å². The number of aryl methyl sites for hydroxylation is 1. The Labute approximate surface area is 204 Å². The van der Waals surface area contributed by atoms with Gasteiger partial charge in [0.05, 0.1) is 0 Å². The summed E-state index contributed by atoms with van der Waals surface area (Å²) in [4.78, 5) is 4.48. The number of benzene rings is 2. The summed E-state index contributed by atoms with van der Waals surface area (Å²) in [5.74, 6) is 0. The third kappa shape index (κ3) is 6.37. The van der Waals surface area contributed by atoms with Crippen molar-refractivity contribution in [2.24, 2.45) is 0 Å². The number of hydrogen-bond acceptors (Lipinski definition) is 3. The minimum atomic E-state index is 0.0288. The van der Waals surface area contributed by atoms with Gasteiger partial charge >= 0.3 is 0 Å². The molecule has 0 bridgehead atoms. The van der Waals surface area contributed by atoms with Gasteiger partial charge in [0.15, 0.2) is 5.11 Å². The predicted molar refractivity (Wildman–Crippen MR) is 143 cm³/mol. The summed E-state index contributed by atoms with van der Waals surface area (Å²) >= 11 is 12.3. The standard InChI is InChI=1S/C26H37ClN4S/c1-18-8-11-20(27)14-23(18)28-24(32)31(17-19-9-12-21(13-10-19)30(6)7)22-15-25(2,3)29-26(4,5)16-22/h8-14,22,29H,15-17H2,1-7H3,(H,28,32). The zero-order chi connectivity index (χ0) is 23.7. The van der Waals surface area contributed by atoms with Gasteiger partial charge in [0.2, 0.25) is 0 Å². The Morgan fingerprint density at radius 3 is 2.22 bits per heavy atom. The molecule has 174 valence electrons. The summed E-state index contributed by atoms with van der Waals surface area (Å²) in [5.41, 5.74) is 4.58. The molecule has 1 fully saturated rings. The van der Waals surface area contributed by atoms with Crippen LogP contribution in [0.3, 0.4) is 0 Å². The first kappa shape index (κ1) is 24.8. The van der Waals surface area contributed by atoms with E-state index in [-0.39, 0.29) is 11.1 Å². The lowest BCUT2D eigenvalue weighted by Crippen LogP contribution is -2.63. The van der Waals surface area contributed by atoms with E-state index in [0.717, 1.165) is 35.7 Å². The van der Waals surface area contributed by atoms with Crippen molar-refractivity contribution in [3.63, 3.8) is 0 Å². The van der Waals surface area contributed by atoms with Crippen molar-refractivity contribution in [2.45, 2.75) is 71.1 Å². The van der Waals surface area contributed by atoms with E-state index in [0.29, 0.717) is 11.1 Å². The van der Waals surface area contributed by atoms with Gasteiger partial charge in [0.25, 0.3) is 0 Å². The van der Waals surface area contributed by atoms with Crippen molar-refractivity contribution < 1.29 is 0 Å². The quantitative estimate of drug-likeness (QED) is 0.504. The van der Waals surface area contributed by atoms with Crippen LogP contribution in [0.2, 0.25) is 5.02 Å². The van der Waals surface area contributed by atoms with Crippen molar-refractivity contribution in [1.82, 2.24) is 10.2 Å². The van der Waals surface area contributed by atoms with Gasteiger partial charge in [-0.3, -0.25) is 0 Å². The molecular formula is C26H37ClN4S. The molecule has 2 N–H and O–H groups in total. The van der Waals surface area contributed by atoms with Gasteiger partial charge in [-0.05, 0) is 95.1 Å². The number of nitrogens with one attached hydrogen (secondary N) is 2. The van der Waals surface area contributed by atoms with E-state index in [4.69, 9.17) is 23.8 Å². The van der Waals surface area contributed by atoms with E-state index in [2.05, 4.69) is 93.4 Å². The second kappa shape index (κ2) is 9.58. The molecule has 1 heterocycles. The number of nitrogens with zero attached hydrogens (tertiary/aromatic N) is 2. The predicted octanol–water partition coefficient (Wildman–Crippen LogP) is 6.22. The summed E-state index contributed by atoms with van der Waals surface area (Å²) in [6.45, 7) is 12.0. The molecule has 2 aromatic rings. The topological polar surface area (TPSA) is 30.5 Å². The number of hydrogen-bond donors (Lipinski definition) is 2. The summed E-state index contributed by atoms with van der Waals surface area (Å²) in [5, 5.41) is 8.74. The van der Waals surface area contributed by atoms with Gasteiger partial charge < -0.3 is 20.4 Å². The van der Waals surface area contributed by atoms with Crippen molar-refractivity contribution in [3.8, 4) is 0 Å². The Balaban J connectivity index is 1.91. The average molecular weight is 473 g/mol. The van der Waals surface area contributed by atoms with E-state index in [1.54, 1.807) is 0 Å². The van der Waals surface area contributed by atoms with Crippen LogP contribution in [0.5, 0.6) is 0 Å². The third-order valence-corrected chi connectivity index (χ3v) is 6.69. The zero-order valence-electron chi connectivity index (χ0n) is 20.4. The monoisotopic (exact) mass is 472 g/mol. The van der Waals surface area contributed by atoms with Crippen LogP contribution in [0.25, 0.3) is 0 Å². The smallest absolute Gasteiger partial charge is 0.173 e. The fraction of sp³-hybridized carbons (Fsp3) is 0.500. The fourth-order valence-electron chi connectivity index (χ4n) is 4.87. The average Bonchev–Trinajstić information content (AvgIpc) is 2.66. The number of piperidine rings is 1. The molecule has 0 aromatic heterocycles. The highest BCUT2D eigenvalue weighted by atomic mass is 35.5. The van der Waals surface area contributed by atoms with Crippen LogP contribution in [0.15, 0.2) is 42.5 Å². The van der Waals surface area contributed by atoms with Crippen molar-refractivity contribution in [1.29, 1.82) is 0 Å². The lowest BCUT2D eigenvalue weighted by molar-refractivity contribution is 0.101. The second-order valence-electron chi connectivity index (χ2n) is 10.5. The van der Waals surface area contributed by atoms with Gasteiger partial charge in [-0.2, -0.15) is 0 Å². The Bertz CT molecular complexity index is 937. The lowest BCUT2D eigenvalue weighted by atomic mass is 9.79. The maximum Gasteiger partial charge on any atom is 0.173 e. The van der Waals surface area contributed by atoms with E-state index in [1.807, 2.05) is 18.2 Å². The maximum absolute atomic E-state index is 6.26. The molecule has 4 nitrogen and oxygen atoms in total. The van der Waals surface area contributed by atoms with E-state index in [9.17, 15) is 0 Å². The fourth-order valence-corrected chi connectivity index (χ4v) is 5.36. The number of thiocarbonyl (C=S) groups is 1. The molecule has 2 aromatic carbocycles. The molecule has 0 amide bonds. The Hall–Kier alpha value is -1.82. The van der Waals surface area contributed by atoms with Crippen molar-refractivity contribution in [3.05, 3.63) is 58.6 Å². The van der Waals surface area contributed by atoms with Crippen LogP contribution in [-0.4, -0.2) is 41.2 Å². The first-order valence-corrected chi connectivity index (χ1v) is 12.0. The Morgan fingerprint density at radius 1 is 1.06 bits per heavy atom. The normalized spacial score (nSPS) is 17.6. The van der Waals surface area contributed by atoms with E-state index < -0.39 is 0 Å². The van der Waals surface area contributed by atoms with Crippen molar-refractivity contribution >= 4 is 40.3 Å². The zero-order valence-corrected chi connectivity index (χ0v) is 22.0. The van der Waals surface area contributed by atoms with Gasteiger partial charge in [-0.25, -0.2) is 0 Å². The Morgan fingerprint density at radius 2 is 1.66 bits per heavy atom. The highest BCUT2D eigenvalue weighted by Crippen LogP contribution is 2.33. The number of rotatable bonds is 5. The molecule has 0 atom stereocenters. The molecule has 0 aliphatic carbocycles. The summed E-state index contributed by atoms with van der Waals surface area (Å²) in [7, 11) is 4.12. The summed E-state index contributed by atoms with van der Waals surface area (Å²) in [6.07, 6.45) is 2.03. The van der Waals surface area contributed by atoms with Crippen molar-refractivity contribution in [2.75, 3.05) is 24.3 Å². The first-order valence-electron chi connectivity index (χ1n) is 11.2. The molecule has 1 aliphatic heterocycles. The van der Waals surface area contributed by atoms with E-state index >= 15 is 0 Å². The highest BCUT2D eigenvalue weighted by molar-refractivity contribution is 7.80. The molecule has 0 spiro atoms. The van der Waals surface area contributed by atoms with Gasteiger partial charge in [-0.15, -0.1) is 0 Å². The first-order chi connectivity index (χ1) is 14.8. The van der Waals surface area contributed by atoms with Gasteiger partial charge in [-0.1, -0.05) is 29.8 Å². The van der Waals surface area contributed by atoms with Crippen LogP contribution in [0, 0.1) is 6.92 Å². The van der Waals surface area contributed by atoms with Crippen LogP contribution in [-0.2, 0) is 6.54 Å².